The van der Waals surface area contributed by atoms with Crippen molar-refractivity contribution in [3.63, 3.8) is 0 Å². The molecule has 0 radical (unpaired) electrons. The Morgan fingerprint density at radius 3 is 2.83 bits per heavy atom. The predicted octanol–water partition coefficient (Wildman–Crippen LogP) is 3.58. The Morgan fingerprint density at radius 2 is 2.00 bits per heavy atom. The third-order valence-corrected chi connectivity index (χ3v) is 5.26. The Bertz CT molecular complexity index is 1250. The maximum absolute atomic E-state index is 11.5. The summed E-state index contributed by atoms with van der Waals surface area (Å²) in [6.45, 7) is 2.07. The quantitative estimate of drug-likeness (QED) is 0.501. The van der Waals surface area contributed by atoms with Crippen molar-refractivity contribution in [3.05, 3.63) is 46.4 Å². The number of nitrogens with one attached hydrogen (secondary N) is 1. The average Bonchev–Trinajstić information content (AvgIpc) is 3.40. The number of aromatic nitrogens is 4. The van der Waals surface area contributed by atoms with Gasteiger partial charge < -0.3 is 19.4 Å². The van der Waals surface area contributed by atoms with E-state index >= 15 is 0 Å². The molecule has 146 valence electrons. The Kier molecular flexibility index (Phi) is 4.20. The molecule has 29 heavy (non-hydrogen) atoms. The average molecular weight is 456 g/mol. The molecule has 2 aromatic heterocycles. The van der Waals surface area contributed by atoms with Crippen LogP contribution in [0.3, 0.4) is 0 Å². The fraction of sp³-hybridized carbons (Fsp3) is 0.158. The first-order valence-corrected chi connectivity index (χ1v) is 9.53. The summed E-state index contributed by atoms with van der Waals surface area (Å²) in [7, 11) is 0. The summed E-state index contributed by atoms with van der Waals surface area (Å²) in [5.74, 6) is 1.86. The number of imidazole rings is 1. The Balaban J connectivity index is 1.65. The first-order valence-electron chi connectivity index (χ1n) is 8.74. The van der Waals surface area contributed by atoms with Crippen molar-refractivity contribution >= 4 is 38.7 Å². The molecular formula is C19H14BrN5O4. The van der Waals surface area contributed by atoms with Crippen LogP contribution in [0.1, 0.15) is 12.5 Å². The predicted molar refractivity (Wildman–Crippen MR) is 107 cm³/mol. The van der Waals surface area contributed by atoms with Crippen LogP contribution in [-0.4, -0.2) is 32.6 Å². The number of ether oxygens (including phenoxy) is 2. The molecule has 5 rings (SSSR count). The van der Waals surface area contributed by atoms with E-state index in [4.69, 9.17) is 19.1 Å². The van der Waals surface area contributed by atoms with Gasteiger partial charge in [0.15, 0.2) is 23.0 Å². The number of rotatable bonds is 4. The minimum Gasteiger partial charge on any atom is -0.454 e. The van der Waals surface area contributed by atoms with Crippen LogP contribution in [0.15, 0.2) is 45.5 Å². The first-order chi connectivity index (χ1) is 14.1. The molecule has 1 aliphatic rings. The van der Waals surface area contributed by atoms with Gasteiger partial charge in [0.2, 0.25) is 18.5 Å². The topological polar surface area (TPSA) is 104 Å². The molecule has 9 nitrogen and oxygen atoms in total. The van der Waals surface area contributed by atoms with E-state index in [1.54, 1.807) is 0 Å². The Labute approximate surface area is 172 Å². The monoisotopic (exact) mass is 455 g/mol. The molecule has 0 atom stereocenters. The van der Waals surface area contributed by atoms with Crippen molar-refractivity contribution in [2.45, 2.75) is 13.5 Å². The molecule has 0 saturated heterocycles. The van der Waals surface area contributed by atoms with Gasteiger partial charge in [-0.2, -0.15) is 0 Å². The van der Waals surface area contributed by atoms with Gasteiger partial charge in [-0.25, -0.2) is 9.61 Å². The molecule has 1 N–H and O–H groups in total. The number of carbonyl (C=O) groups excluding carboxylic acids is 1. The summed E-state index contributed by atoms with van der Waals surface area (Å²) in [5, 5.41) is 10.4. The van der Waals surface area contributed by atoms with Crippen LogP contribution in [0.25, 0.3) is 22.6 Å². The highest BCUT2D eigenvalue weighted by Crippen LogP contribution is 2.38. The first kappa shape index (κ1) is 17.7. The van der Waals surface area contributed by atoms with Gasteiger partial charge in [-0.05, 0) is 40.1 Å². The van der Waals surface area contributed by atoms with Gasteiger partial charge in [0.05, 0.1) is 17.6 Å². The van der Waals surface area contributed by atoms with Crippen molar-refractivity contribution in [3.8, 4) is 23.0 Å². The number of hydrogen-bond donors (Lipinski definition) is 1. The minimum atomic E-state index is -0.275. The molecule has 1 amide bonds. The summed E-state index contributed by atoms with van der Waals surface area (Å²) in [6, 6.07) is 11.6. The van der Waals surface area contributed by atoms with Crippen molar-refractivity contribution < 1.29 is 18.9 Å². The molecule has 0 bridgehead atoms. The standard InChI is InChI=1S/C19H14BrN5O4/c1-10(26)21-18-17(23-29-24-18)19-22-13-4-2-3-5-14(13)25(19)8-11-6-15-16(7-12(11)20)28-9-27-15/h2-7H,8-9H2,1H3,(H,21,24,26). The number of amides is 1. The van der Waals surface area contributed by atoms with Crippen molar-refractivity contribution in [1.29, 1.82) is 0 Å². The summed E-state index contributed by atoms with van der Waals surface area (Å²) < 4.78 is 18.7. The molecule has 4 aromatic rings. The number of hydrogen-bond acceptors (Lipinski definition) is 7. The molecule has 1 aliphatic heterocycles. The number of fused-ring (bicyclic) bond motifs is 2. The SMILES string of the molecule is CC(=O)Nc1nonc1-c1nc2ccccc2n1Cc1cc2c(cc1Br)OCO2. The van der Waals surface area contributed by atoms with E-state index in [1.165, 1.54) is 6.92 Å². The van der Waals surface area contributed by atoms with E-state index in [9.17, 15) is 4.79 Å². The summed E-state index contributed by atoms with van der Waals surface area (Å²) in [5.41, 5.74) is 3.02. The third-order valence-electron chi connectivity index (χ3n) is 4.52. The molecule has 3 heterocycles. The molecule has 0 fully saturated rings. The van der Waals surface area contributed by atoms with Gasteiger partial charge in [-0.15, -0.1) is 0 Å². The number of anilines is 1. The minimum absolute atomic E-state index is 0.204. The van der Waals surface area contributed by atoms with E-state index in [0.717, 1.165) is 21.1 Å². The molecule has 2 aromatic carbocycles. The highest BCUT2D eigenvalue weighted by atomic mass is 79.9. The lowest BCUT2D eigenvalue weighted by Crippen LogP contribution is -2.09. The zero-order valence-electron chi connectivity index (χ0n) is 15.2. The molecular weight excluding hydrogens is 442 g/mol. The fourth-order valence-corrected chi connectivity index (χ4v) is 3.70. The fourth-order valence-electron chi connectivity index (χ4n) is 3.25. The largest absolute Gasteiger partial charge is 0.454 e. The van der Waals surface area contributed by atoms with Gasteiger partial charge in [0, 0.05) is 11.4 Å². The second-order valence-electron chi connectivity index (χ2n) is 6.45. The maximum Gasteiger partial charge on any atom is 0.231 e. The summed E-state index contributed by atoms with van der Waals surface area (Å²) >= 11 is 3.61. The zero-order valence-corrected chi connectivity index (χ0v) is 16.8. The number of nitrogens with zero attached hydrogens (tertiary/aromatic N) is 4. The van der Waals surface area contributed by atoms with Gasteiger partial charge in [0.1, 0.15) is 0 Å². The van der Waals surface area contributed by atoms with E-state index in [2.05, 4.69) is 31.6 Å². The van der Waals surface area contributed by atoms with Gasteiger partial charge in [0.25, 0.3) is 0 Å². The van der Waals surface area contributed by atoms with Crippen LogP contribution in [0, 0.1) is 0 Å². The highest BCUT2D eigenvalue weighted by Gasteiger charge is 2.23. The molecule has 0 unspecified atom stereocenters. The van der Waals surface area contributed by atoms with E-state index in [0.29, 0.717) is 29.6 Å². The van der Waals surface area contributed by atoms with Crippen LogP contribution in [0.4, 0.5) is 5.82 Å². The third kappa shape index (κ3) is 3.11. The lowest BCUT2D eigenvalue weighted by Gasteiger charge is -2.11. The van der Waals surface area contributed by atoms with Gasteiger partial charge >= 0.3 is 0 Å². The van der Waals surface area contributed by atoms with Crippen molar-refractivity contribution in [1.82, 2.24) is 19.9 Å². The number of benzene rings is 2. The van der Waals surface area contributed by atoms with Crippen LogP contribution < -0.4 is 14.8 Å². The molecule has 10 heteroatoms. The molecule has 0 saturated carbocycles. The maximum atomic E-state index is 11.5. The lowest BCUT2D eigenvalue weighted by molar-refractivity contribution is -0.114. The Morgan fingerprint density at radius 1 is 1.21 bits per heavy atom. The van der Waals surface area contributed by atoms with Crippen molar-refractivity contribution in [2.24, 2.45) is 0 Å². The summed E-state index contributed by atoms with van der Waals surface area (Å²) in [6.07, 6.45) is 0. The van der Waals surface area contributed by atoms with Crippen LogP contribution >= 0.6 is 15.9 Å². The summed E-state index contributed by atoms with van der Waals surface area (Å²) in [4.78, 5) is 16.2. The van der Waals surface area contributed by atoms with E-state index in [-0.39, 0.29) is 18.5 Å². The van der Waals surface area contributed by atoms with Gasteiger partial charge in [-0.1, -0.05) is 28.1 Å². The highest BCUT2D eigenvalue weighted by molar-refractivity contribution is 9.10. The van der Waals surface area contributed by atoms with Crippen LogP contribution in [0.2, 0.25) is 0 Å². The van der Waals surface area contributed by atoms with E-state index < -0.39 is 0 Å². The lowest BCUT2D eigenvalue weighted by atomic mass is 10.2. The number of carbonyl (C=O) groups is 1. The second-order valence-corrected chi connectivity index (χ2v) is 7.30. The van der Waals surface area contributed by atoms with Crippen LogP contribution in [0.5, 0.6) is 11.5 Å². The Hall–Kier alpha value is -3.40. The normalized spacial score (nSPS) is 12.5. The van der Waals surface area contributed by atoms with Crippen molar-refractivity contribution in [2.75, 3.05) is 12.1 Å². The number of halogens is 1. The number of para-hydroxylation sites is 2. The van der Waals surface area contributed by atoms with Gasteiger partial charge in [-0.3, -0.25) is 4.79 Å². The van der Waals surface area contributed by atoms with Crippen LogP contribution in [-0.2, 0) is 11.3 Å². The van der Waals surface area contributed by atoms with E-state index in [1.807, 2.05) is 41.0 Å². The molecule has 0 aliphatic carbocycles. The second kappa shape index (κ2) is 6.89. The zero-order chi connectivity index (χ0) is 20.0. The smallest absolute Gasteiger partial charge is 0.231 e. The molecule has 0 spiro atoms.